The Morgan fingerprint density at radius 3 is 2.81 bits per heavy atom. The zero-order chi connectivity index (χ0) is 26.3. The molecule has 1 aromatic carbocycles. The van der Waals surface area contributed by atoms with Gasteiger partial charge in [-0.25, -0.2) is 9.37 Å². The molecule has 0 radical (unpaired) electrons. The van der Waals surface area contributed by atoms with E-state index in [4.69, 9.17) is 4.98 Å². The Labute approximate surface area is 213 Å². The van der Waals surface area contributed by atoms with Gasteiger partial charge in [0.25, 0.3) is 6.04 Å². The van der Waals surface area contributed by atoms with Crippen molar-refractivity contribution in [1.29, 1.82) is 0 Å². The molecule has 5 rings (SSSR count). The summed E-state index contributed by atoms with van der Waals surface area (Å²) in [7, 11) is 7.49. The van der Waals surface area contributed by atoms with Crippen molar-refractivity contribution in [1.82, 2.24) is 29.7 Å². The first-order valence-electron chi connectivity index (χ1n) is 12.0. The number of likely N-dealkylation sites (N-methyl/N-ethyl adjacent to an activating group) is 1. The van der Waals surface area contributed by atoms with Crippen molar-refractivity contribution < 1.29 is 9.31 Å². The van der Waals surface area contributed by atoms with Gasteiger partial charge >= 0.3 is 0 Å². The van der Waals surface area contributed by atoms with E-state index in [9.17, 15) is 14.5 Å². The van der Waals surface area contributed by atoms with Gasteiger partial charge in [0.1, 0.15) is 17.0 Å². The number of rotatable bonds is 8. The lowest BCUT2D eigenvalue weighted by Crippen LogP contribution is -2.56. The van der Waals surface area contributed by atoms with Crippen molar-refractivity contribution >= 4 is 27.9 Å². The summed E-state index contributed by atoms with van der Waals surface area (Å²) in [4.78, 5) is 26.3. The highest BCUT2D eigenvalue weighted by Crippen LogP contribution is 2.35. The third-order valence-electron chi connectivity index (χ3n) is 6.97. The van der Waals surface area contributed by atoms with E-state index in [1.165, 1.54) is 12.1 Å². The maximum absolute atomic E-state index is 13.9. The number of aryl methyl sites for hydroxylation is 1. The Morgan fingerprint density at radius 2 is 2.08 bits per heavy atom. The van der Waals surface area contributed by atoms with Crippen LogP contribution in [0.5, 0.6) is 0 Å². The molecule has 0 bridgehead atoms. The molecule has 0 fully saturated rings. The number of hydrogen-bond donors (Lipinski definition) is 3. The maximum atomic E-state index is 13.9. The first kappa shape index (κ1) is 24.6. The molecule has 3 heterocycles. The molecule has 0 amide bonds. The fraction of sp³-hybridized carbons (Fsp3) is 0.308. The second-order valence-corrected chi connectivity index (χ2v) is 9.61. The molecule has 2 atom stereocenters. The van der Waals surface area contributed by atoms with Crippen LogP contribution in [-0.2, 0) is 7.05 Å². The Morgan fingerprint density at radius 1 is 1.27 bits per heavy atom. The van der Waals surface area contributed by atoms with Crippen molar-refractivity contribution in [3.63, 3.8) is 0 Å². The number of hydrogen-bond acceptors (Lipinski definition) is 7. The number of halogens is 1. The van der Waals surface area contributed by atoms with Crippen LogP contribution >= 0.6 is 0 Å². The van der Waals surface area contributed by atoms with Crippen molar-refractivity contribution in [3.8, 4) is 11.3 Å². The molecule has 1 aliphatic carbocycles. The van der Waals surface area contributed by atoms with Crippen LogP contribution in [0.25, 0.3) is 33.2 Å². The fourth-order valence-electron chi connectivity index (χ4n) is 4.92. The molecule has 192 valence electrons. The van der Waals surface area contributed by atoms with Gasteiger partial charge in [-0.3, -0.25) is 10.1 Å². The average Bonchev–Trinajstić information content (AvgIpc) is 3.47. The number of nitro groups is 1. The lowest BCUT2D eigenvalue weighted by Gasteiger charge is -2.35. The lowest BCUT2D eigenvalue weighted by molar-refractivity contribution is -0.519. The zero-order valence-electron chi connectivity index (χ0n) is 21.1. The number of nitrogens with one attached hydrogen (secondary N) is 3. The van der Waals surface area contributed by atoms with Crippen LogP contribution < -0.4 is 10.6 Å². The van der Waals surface area contributed by atoms with E-state index in [0.29, 0.717) is 36.0 Å². The van der Waals surface area contributed by atoms with E-state index in [1.807, 2.05) is 55.0 Å². The molecule has 0 saturated carbocycles. The highest BCUT2D eigenvalue weighted by molar-refractivity contribution is 6.02. The molecule has 3 N–H and O–H groups in total. The third-order valence-corrected chi connectivity index (χ3v) is 6.97. The van der Waals surface area contributed by atoms with Gasteiger partial charge in [0.15, 0.2) is 0 Å². The molecule has 0 aliphatic heterocycles. The number of aromatic nitrogens is 4. The third kappa shape index (κ3) is 4.47. The van der Waals surface area contributed by atoms with Gasteiger partial charge in [-0.2, -0.15) is 4.98 Å². The van der Waals surface area contributed by atoms with Crippen molar-refractivity contribution in [2.45, 2.75) is 18.0 Å². The number of anilines is 1. The van der Waals surface area contributed by atoms with Gasteiger partial charge in [-0.1, -0.05) is 6.08 Å². The normalized spacial score (nSPS) is 19.6. The quantitative estimate of drug-likeness (QED) is 0.248. The zero-order valence-corrected chi connectivity index (χ0v) is 21.1. The second-order valence-electron chi connectivity index (χ2n) is 9.61. The van der Waals surface area contributed by atoms with E-state index < -0.39 is 11.6 Å². The highest BCUT2D eigenvalue weighted by atomic mass is 19.1. The molecular weight excluding hydrogens is 475 g/mol. The van der Waals surface area contributed by atoms with Crippen LogP contribution in [0.2, 0.25) is 0 Å². The number of nitrogens with zero attached hydrogens (tertiary/aromatic N) is 5. The van der Waals surface area contributed by atoms with Crippen LogP contribution in [-0.4, -0.2) is 68.6 Å². The van der Waals surface area contributed by atoms with Gasteiger partial charge < -0.3 is 25.1 Å². The highest BCUT2D eigenvalue weighted by Gasteiger charge is 2.44. The van der Waals surface area contributed by atoms with Gasteiger partial charge in [0.05, 0.1) is 11.2 Å². The van der Waals surface area contributed by atoms with Crippen molar-refractivity contribution in [2.24, 2.45) is 7.05 Å². The SMILES string of the molecule is CNC1(CCN(C)C)C=CC(Nc2nc(-c3cn(C)c4cc(F)ccc34)c3cc[nH]c3n2)=CC1[N+](=O)[O-]. The van der Waals surface area contributed by atoms with Crippen LogP contribution in [0.3, 0.4) is 0 Å². The monoisotopic (exact) mass is 504 g/mol. The van der Waals surface area contributed by atoms with Gasteiger partial charge in [0, 0.05) is 52.5 Å². The first-order valence-corrected chi connectivity index (χ1v) is 12.0. The molecule has 3 aromatic heterocycles. The number of benzene rings is 1. The Balaban J connectivity index is 1.54. The van der Waals surface area contributed by atoms with E-state index in [-0.39, 0.29) is 10.7 Å². The molecule has 0 saturated heterocycles. The summed E-state index contributed by atoms with van der Waals surface area (Å²) < 4.78 is 15.8. The van der Waals surface area contributed by atoms with E-state index in [0.717, 1.165) is 21.9 Å². The summed E-state index contributed by atoms with van der Waals surface area (Å²) in [5.74, 6) is -0.0102. The average molecular weight is 505 g/mol. The van der Waals surface area contributed by atoms with E-state index >= 15 is 0 Å². The molecule has 10 nitrogen and oxygen atoms in total. The fourth-order valence-corrected chi connectivity index (χ4v) is 4.92. The Bertz CT molecular complexity index is 1550. The van der Waals surface area contributed by atoms with E-state index in [1.54, 1.807) is 25.4 Å². The smallest absolute Gasteiger partial charge is 0.254 e. The lowest BCUT2D eigenvalue weighted by atomic mass is 9.82. The first-order chi connectivity index (χ1) is 17.7. The number of allylic oxidation sites excluding steroid dienone is 1. The topological polar surface area (TPSA) is 117 Å². The summed E-state index contributed by atoms with van der Waals surface area (Å²) in [5.41, 5.74) is 2.60. The Hall–Kier alpha value is -4.09. The molecule has 11 heteroatoms. The molecular formula is C26H29FN8O2. The van der Waals surface area contributed by atoms with Crippen LogP contribution in [0.4, 0.5) is 10.3 Å². The molecule has 0 spiro atoms. The van der Waals surface area contributed by atoms with Crippen molar-refractivity contribution in [3.05, 3.63) is 76.5 Å². The predicted molar refractivity (Wildman–Crippen MR) is 142 cm³/mol. The minimum Gasteiger partial charge on any atom is -0.350 e. The summed E-state index contributed by atoms with van der Waals surface area (Å²) in [5, 5.41) is 20.1. The molecule has 4 aromatic rings. The molecule has 1 aliphatic rings. The van der Waals surface area contributed by atoms with E-state index in [2.05, 4.69) is 20.6 Å². The summed E-state index contributed by atoms with van der Waals surface area (Å²) >= 11 is 0. The van der Waals surface area contributed by atoms with Crippen molar-refractivity contribution in [2.75, 3.05) is 33.0 Å². The van der Waals surface area contributed by atoms with Crippen LogP contribution in [0.1, 0.15) is 6.42 Å². The van der Waals surface area contributed by atoms with Gasteiger partial charge in [-0.05, 0) is 64.5 Å². The minimum atomic E-state index is -0.980. The number of fused-ring (bicyclic) bond motifs is 2. The summed E-state index contributed by atoms with van der Waals surface area (Å²) in [6.07, 6.45) is 9.55. The Kier molecular flexibility index (Phi) is 6.26. The molecule has 37 heavy (non-hydrogen) atoms. The van der Waals surface area contributed by atoms with Gasteiger partial charge in [0.2, 0.25) is 5.95 Å². The van der Waals surface area contributed by atoms with Crippen LogP contribution in [0.15, 0.2) is 60.6 Å². The second kappa shape index (κ2) is 9.41. The molecule has 2 unspecified atom stereocenters. The van der Waals surface area contributed by atoms with Crippen LogP contribution in [0, 0.1) is 15.9 Å². The standard InChI is InChI=1S/C26H29FN8O2/c1-28-26(10-12-33(2)3)9-7-17(14-22(26)35(36)37)30-25-31-23(19-8-11-29-24(19)32-25)20-15-34(4)21-13-16(27)5-6-18(20)21/h5-9,11,13-15,22,28H,10,12H2,1-4H3,(H2,29,30,31,32). The van der Waals surface area contributed by atoms with Gasteiger partial charge in [-0.15, -0.1) is 0 Å². The predicted octanol–water partition coefficient (Wildman–Crippen LogP) is 3.68. The maximum Gasteiger partial charge on any atom is 0.254 e. The summed E-state index contributed by atoms with van der Waals surface area (Å²) in [6, 6.07) is 5.58. The summed E-state index contributed by atoms with van der Waals surface area (Å²) in [6.45, 7) is 0.691. The minimum absolute atomic E-state index is 0.271. The number of H-pyrrole nitrogens is 1. The number of aromatic amines is 1. The largest absolute Gasteiger partial charge is 0.350 e.